The molecule has 0 bridgehead atoms. The zero-order valence-corrected chi connectivity index (χ0v) is 5.71. The second-order valence-corrected chi connectivity index (χ2v) is 3.54. The molecule has 1 rings (SSSR count). The topological polar surface area (TPSA) is 60.7 Å². The number of aliphatic hydroxyl groups is 3. The Kier molecular flexibility index (Phi) is 2.35. The highest BCUT2D eigenvalue weighted by Crippen LogP contribution is 2.31. The van der Waals surface area contributed by atoms with E-state index in [1.54, 1.807) is 0 Å². The third-order valence-electron chi connectivity index (χ3n) is 1.38. The van der Waals surface area contributed by atoms with Crippen LogP contribution in [0.15, 0.2) is 0 Å². The minimum absolute atomic E-state index is 0.0527. The van der Waals surface area contributed by atoms with Gasteiger partial charge in [-0.15, -0.1) is 11.8 Å². The van der Waals surface area contributed by atoms with E-state index in [0.29, 0.717) is 6.42 Å². The molecule has 54 valence electrons. The first-order chi connectivity index (χ1) is 4.24. The van der Waals surface area contributed by atoms with E-state index in [9.17, 15) is 0 Å². The summed E-state index contributed by atoms with van der Waals surface area (Å²) >= 11 is 1.23. The Morgan fingerprint density at radius 1 is 1.44 bits per heavy atom. The average Bonchev–Trinajstić information content (AvgIpc) is 2.10. The molecule has 1 aliphatic rings. The van der Waals surface area contributed by atoms with Crippen LogP contribution >= 0.6 is 11.8 Å². The van der Waals surface area contributed by atoms with Crippen LogP contribution in [0.1, 0.15) is 6.42 Å². The van der Waals surface area contributed by atoms with Gasteiger partial charge < -0.3 is 15.3 Å². The van der Waals surface area contributed by atoms with Gasteiger partial charge in [0.15, 0.2) is 0 Å². The van der Waals surface area contributed by atoms with E-state index >= 15 is 0 Å². The quantitative estimate of drug-likeness (QED) is 0.456. The normalized spacial score (nSPS) is 43.7. The first-order valence-corrected chi connectivity index (χ1v) is 3.80. The van der Waals surface area contributed by atoms with Crippen LogP contribution in [-0.4, -0.2) is 38.7 Å². The van der Waals surface area contributed by atoms with Crippen molar-refractivity contribution in [1.82, 2.24) is 0 Å². The Hall–Kier alpha value is 0.230. The monoisotopic (exact) mass is 150 g/mol. The minimum Gasteiger partial charge on any atom is -0.395 e. The Balaban J connectivity index is 2.38. The molecule has 0 aromatic carbocycles. The van der Waals surface area contributed by atoms with Gasteiger partial charge in [-0.3, -0.25) is 0 Å². The van der Waals surface area contributed by atoms with Crippen LogP contribution in [0.25, 0.3) is 0 Å². The van der Waals surface area contributed by atoms with Gasteiger partial charge in [0.2, 0.25) is 0 Å². The van der Waals surface area contributed by atoms with Crippen molar-refractivity contribution in [3.63, 3.8) is 0 Å². The van der Waals surface area contributed by atoms with Crippen molar-refractivity contribution in [2.45, 2.75) is 23.2 Å². The maximum atomic E-state index is 9.02. The fraction of sp³-hybridized carbons (Fsp3) is 1.00. The molecule has 0 aromatic rings. The third-order valence-corrected chi connectivity index (χ3v) is 2.70. The fourth-order valence-corrected chi connectivity index (χ4v) is 1.96. The smallest absolute Gasteiger partial charge is 0.102 e. The summed E-state index contributed by atoms with van der Waals surface area (Å²) in [5.74, 6) is 0. The molecule has 1 aliphatic heterocycles. The van der Waals surface area contributed by atoms with E-state index in [4.69, 9.17) is 15.3 Å². The van der Waals surface area contributed by atoms with Crippen LogP contribution in [0.4, 0.5) is 0 Å². The van der Waals surface area contributed by atoms with Gasteiger partial charge in [-0.05, 0) is 0 Å². The zero-order valence-electron chi connectivity index (χ0n) is 4.90. The predicted molar refractivity (Wildman–Crippen MR) is 35.1 cm³/mol. The van der Waals surface area contributed by atoms with Crippen molar-refractivity contribution in [3.05, 3.63) is 0 Å². The van der Waals surface area contributed by atoms with Gasteiger partial charge in [0.25, 0.3) is 0 Å². The molecule has 1 saturated heterocycles. The van der Waals surface area contributed by atoms with Gasteiger partial charge in [0, 0.05) is 6.42 Å². The summed E-state index contributed by atoms with van der Waals surface area (Å²) in [4.78, 5) is 0. The SMILES string of the molecule is OC[C@@H]1S[C@H](O)C[C@@H]1O. The van der Waals surface area contributed by atoms with Crippen LogP contribution in [0.2, 0.25) is 0 Å². The molecule has 1 fully saturated rings. The van der Waals surface area contributed by atoms with E-state index in [0.717, 1.165) is 0 Å². The summed E-state index contributed by atoms with van der Waals surface area (Å²) in [6.07, 6.45) is -0.148. The Morgan fingerprint density at radius 3 is 2.33 bits per heavy atom. The summed E-state index contributed by atoms with van der Waals surface area (Å²) in [5.41, 5.74) is -0.489. The molecule has 0 spiro atoms. The number of hydrogen-bond donors (Lipinski definition) is 3. The van der Waals surface area contributed by atoms with Crippen molar-refractivity contribution in [3.8, 4) is 0 Å². The van der Waals surface area contributed by atoms with Crippen molar-refractivity contribution in [2.24, 2.45) is 0 Å². The first-order valence-electron chi connectivity index (χ1n) is 2.86. The maximum absolute atomic E-state index is 9.02. The van der Waals surface area contributed by atoms with Gasteiger partial charge >= 0.3 is 0 Å². The molecule has 4 heteroatoms. The van der Waals surface area contributed by atoms with E-state index in [1.165, 1.54) is 11.8 Å². The van der Waals surface area contributed by atoms with Crippen LogP contribution in [-0.2, 0) is 0 Å². The van der Waals surface area contributed by atoms with Crippen molar-refractivity contribution >= 4 is 11.8 Å². The van der Waals surface area contributed by atoms with Gasteiger partial charge in [0.1, 0.15) is 5.44 Å². The van der Waals surface area contributed by atoms with E-state index in [2.05, 4.69) is 0 Å². The maximum Gasteiger partial charge on any atom is 0.102 e. The van der Waals surface area contributed by atoms with Gasteiger partial charge in [-0.25, -0.2) is 0 Å². The lowest BCUT2D eigenvalue weighted by Crippen LogP contribution is -2.20. The summed E-state index contributed by atoms with van der Waals surface area (Å²) in [5, 5.41) is 26.3. The summed E-state index contributed by atoms with van der Waals surface area (Å²) in [6.45, 7) is -0.0527. The highest BCUT2D eigenvalue weighted by atomic mass is 32.2. The summed E-state index contributed by atoms with van der Waals surface area (Å²) < 4.78 is 0. The number of thioether (sulfide) groups is 1. The van der Waals surface area contributed by atoms with E-state index in [-0.39, 0.29) is 11.9 Å². The number of hydrogen-bond acceptors (Lipinski definition) is 4. The van der Waals surface area contributed by atoms with Crippen LogP contribution in [0.5, 0.6) is 0 Å². The van der Waals surface area contributed by atoms with Crippen LogP contribution in [0, 0.1) is 0 Å². The first kappa shape index (κ1) is 7.34. The Labute approximate surface area is 57.7 Å². The molecule has 9 heavy (non-hydrogen) atoms. The lowest BCUT2D eigenvalue weighted by Gasteiger charge is -2.07. The largest absolute Gasteiger partial charge is 0.395 e. The molecule has 3 nitrogen and oxygen atoms in total. The highest BCUT2D eigenvalue weighted by Gasteiger charge is 2.31. The molecule has 0 unspecified atom stereocenters. The molecule has 1 heterocycles. The van der Waals surface area contributed by atoms with Crippen LogP contribution < -0.4 is 0 Å². The van der Waals surface area contributed by atoms with Crippen molar-refractivity contribution in [1.29, 1.82) is 0 Å². The number of aliphatic hydroxyl groups excluding tert-OH is 3. The van der Waals surface area contributed by atoms with Crippen LogP contribution in [0.3, 0.4) is 0 Å². The van der Waals surface area contributed by atoms with Crippen molar-refractivity contribution < 1.29 is 15.3 Å². The summed E-state index contributed by atoms with van der Waals surface area (Å²) in [6, 6.07) is 0. The van der Waals surface area contributed by atoms with Gasteiger partial charge in [-0.1, -0.05) is 0 Å². The summed E-state index contributed by atoms with van der Waals surface area (Å²) in [7, 11) is 0. The van der Waals surface area contributed by atoms with E-state index < -0.39 is 11.5 Å². The lowest BCUT2D eigenvalue weighted by molar-refractivity contribution is 0.118. The number of rotatable bonds is 1. The molecule has 0 aromatic heterocycles. The molecule has 0 saturated carbocycles. The highest BCUT2D eigenvalue weighted by molar-refractivity contribution is 8.00. The molecule has 0 amide bonds. The predicted octanol–water partition coefficient (Wildman–Crippen LogP) is -0.837. The second-order valence-electron chi connectivity index (χ2n) is 2.11. The molecule has 3 atom stereocenters. The molecular weight excluding hydrogens is 140 g/mol. The zero-order chi connectivity index (χ0) is 6.85. The molecule has 0 aliphatic carbocycles. The second kappa shape index (κ2) is 2.88. The van der Waals surface area contributed by atoms with E-state index in [1.807, 2.05) is 0 Å². The molecular formula is C5H10O3S. The lowest BCUT2D eigenvalue weighted by atomic mass is 10.2. The van der Waals surface area contributed by atoms with Crippen molar-refractivity contribution in [2.75, 3.05) is 6.61 Å². The average molecular weight is 150 g/mol. The van der Waals surface area contributed by atoms with Gasteiger partial charge in [0.05, 0.1) is 18.0 Å². The molecule has 0 radical (unpaired) electrons. The third kappa shape index (κ3) is 1.58. The minimum atomic E-state index is -0.532. The Morgan fingerprint density at radius 2 is 2.11 bits per heavy atom. The molecule has 3 N–H and O–H groups in total. The standard InChI is InChI=1S/C5H10O3S/c6-2-4-3(7)1-5(8)9-4/h3-8H,1-2H2/t3-,4-,5-/m0/s1. The Bertz CT molecular complexity index is 98.2. The van der Waals surface area contributed by atoms with Gasteiger partial charge in [-0.2, -0.15) is 0 Å². The fourth-order valence-electron chi connectivity index (χ4n) is 0.871.